The number of hydrogen-bond donors (Lipinski definition) is 0. The van der Waals surface area contributed by atoms with Gasteiger partial charge in [-0.1, -0.05) is 0 Å². The zero-order chi connectivity index (χ0) is 8.70. The van der Waals surface area contributed by atoms with Gasteiger partial charge in [-0.3, -0.25) is 0 Å². The molecule has 0 aliphatic carbocycles. The van der Waals surface area contributed by atoms with E-state index < -0.39 is 26.4 Å². The maximum Gasteiger partial charge on any atom is 0.362 e. The molecule has 1 radical (unpaired) electrons. The third-order valence-electron chi connectivity index (χ3n) is 1.27. The Morgan fingerprint density at radius 3 is 1.55 bits per heavy atom. The van der Waals surface area contributed by atoms with Crippen molar-refractivity contribution in [3.05, 3.63) is 0 Å². The molecule has 1 rings (SSSR count). The Bertz CT molecular complexity index is 143. The molecule has 6 heteroatoms. The molecular weight excluding hydrogens is 192 g/mol. The van der Waals surface area contributed by atoms with Crippen molar-refractivity contribution in [2.75, 3.05) is 0 Å². The van der Waals surface area contributed by atoms with Gasteiger partial charge in [0.25, 0.3) is 0 Å². The molecular formula is C5H15O3Si3. The maximum atomic E-state index is 5.79. The molecule has 1 heterocycles. The highest BCUT2D eigenvalue weighted by Crippen LogP contribution is 2.23. The molecule has 0 aromatic heterocycles. The first-order valence-corrected chi connectivity index (χ1v) is 11.2. The molecule has 1 aliphatic heterocycles. The van der Waals surface area contributed by atoms with Crippen LogP contribution in [0.25, 0.3) is 0 Å². The van der Waals surface area contributed by atoms with E-state index in [0.717, 1.165) is 0 Å². The van der Waals surface area contributed by atoms with Crippen LogP contribution in [0.1, 0.15) is 0 Å². The minimum Gasteiger partial charge on any atom is -0.416 e. The van der Waals surface area contributed by atoms with Gasteiger partial charge in [0.15, 0.2) is 0 Å². The summed E-state index contributed by atoms with van der Waals surface area (Å²) in [6, 6.07) is 0. The van der Waals surface area contributed by atoms with Gasteiger partial charge >= 0.3 is 26.4 Å². The molecule has 0 unspecified atom stereocenters. The summed E-state index contributed by atoms with van der Waals surface area (Å²) in [7, 11) is -4.62. The van der Waals surface area contributed by atoms with E-state index >= 15 is 0 Å². The Balaban J connectivity index is 2.66. The minimum atomic E-state index is -1.81. The third-order valence-corrected chi connectivity index (χ3v) is 11.4. The molecule has 1 saturated heterocycles. The van der Waals surface area contributed by atoms with Gasteiger partial charge in [-0.25, -0.2) is 0 Å². The zero-order valence-electron chi connectivity index (χ0n) is 7.72. The number of hydrogen-bond acceptors (Lipinski definition) is 3. The van der Waals surface area contributed by atoms with Crippen LogP contribution in [0.4, 0.5) is 0 Å². The van der Waals surface area contributed by atoms with E-state index in [-0.39, 0.29) is 0 Å². The Morgan fingerprint density at radius 2 is 1.27 bits per heavy atom. The van der Waals surface area contributed by atoms with Gasteiger partial charge < -0.3 is 12.3 Å². The molecule has 0 bridgehead atoms. The van der Waals surface area contributed by atoms with Crippen LogP contribution in [0.15, 0.2) is 0 Å². The highest BCUT2D eigenvalue weighted by Gasteiger charge is 2.44. The van der Waals surface area contributed by atoms with Crippen molar-refractivity contribution in [2.45, 2.75) is 32.7 Å². The molecule has 0 spiro atoms. The summed E-state index contributed by atoms with van der Waals surface area (Å²) in [6.45, 7) is 10.4. The standard InChI is InChI=1S/C5H15O3Si3/c1-9-6-10(2,3)8-11(4,5)7-9/h1-5H3. The van der Waals surface area contributed by atoms with Gasteiger partial charge in [0.1, 0.15) is 0 Å². The van der Waals surface area contributed by atoms with Crippen LogP contribution in [-0.2, 0) is 12.3 Å². The van der Waals surface area contributed by atoms with Crippen molar-refractivity contribution in [1.29, 1.82) is 0 Å². The Kier molecular flexibility index (Phi) is 2.44. The largest absolute Gasteiger partial charge is 0.416 e. The quantitative estimate of drug-likeness (QED) is 0.564. The van der Waals surface area contributed by atoms with E-state index in [4.69, 9.17) is 12.3 Å². The predicted molar refractivity (Wildman–Crippen MR) is 49.8 cm³/mol. The average Bonchev–Trinajstić information content (AvgIpc) is 1.49. The fraction of sp³-hybridized carbons (Fsp3) is 1.00. The lowest BCUT2D eigenvalue weighted by atomic mass is 11.9. The minimum absolute atomic E-state index is 1.01. The molecule has 1 aliphatic rings. The van der Waals surface area contributed by atoms with Crippen molar-refractivity contribution >= 4 is 26.4 Å². The molecule has 0 N–H and O–H groups in total. The third kappa shape index (κ3) is 2.80. The second-order valence-electron chi connectivity index (χ2n) is 3.60. The summed E-state index contributed by atoms with van der Waals surface area (Å²) >= 11 is 0. The summed E-state index contributed by atoms with van der Waals surface area (Å²) in [5.41, 5.74) is 0. The SMILES string of the molecule is C[Si]1O[Si](C)(C)O[Si](C)(C)O1. The van der Waals surface area contributed by atoms with Crippen LogP contribution in [0, 0.1) is 0 Å². The zero-order valence-corrected chi connectivity index (χ0v) is 10.7. The summed E-state index contributed by atoms with van der Waals surface area (Å²) in [4.78, 5) is 0. The molecule has 0 atom stereocenters. The lowest BCUT2D eigenvalue weighted by Crippen LogP contribution is -2.58. The maximum absolute atomic E-state index is 5.79. The van der Waals surface area contributed by atoms with Gasteiger partial charge in [-0.2, -0.15) is 0 Å². The summed E-state index contributed by atoms with van der Waals surface area (Å²) in [5.74, 6) is 0. The van der Waals surface area contributed by atoms with Crippen molar-refractivity contribution in [3.8, 4) is 0 Å². The fourth-order valence-corrected chi connectivity index (χ4v) is 13.2. The van der Waals surface area contributed by atoms with E-state index in [9.17, 15) is 0 Å². The van der Waals surface area contributed by atoms with E-state index in [0.29, 0.717) is 0 Å². The topological polar surface area (TPSA) is 27.7 Å². The Morgan fingerprint density at radius 1 is 0.909 bits per heavy atom. The van der Waals surface area contributed by atoms with Gasteiger partial charge in [0.05, 0.1) is 0 Å². The van der Waals surface area contributed by atoms with Crippen molar-refractivity contribution < 1.29 is 12.3 Å². The molecule has 3 nitrogen and oxygen atoms in total. The van der Waals surface area contributed by atoms with E-state index in [1.165, 1.54) is 0 Å². The highest BCUT2D eigenvalue weighted by molar-refractivity contribution is 6.87. The van der Waals surface area contributed by atoms with Gasteiger partial charge in [0.2, 0.25) is 0 Å². The van der Waals surface area contributed by atoms with E-state index in [1.54, 1.807) is 0 Å². The summed E-state index contributed by atoms with van der Waals surface area (Å²) < 4.78 is 17.1. The van der Waals surface area contributed by atoms with E-state index in [2.05, 4.69) is 26.2 Å². The lowest BCUT2D eigenvalue weighted by molar-refractivity contribution is 0.255. The smallest absolute Gasteiger partial charge is 0.362 e. The van der Waals surface area contributed by atoms with Crippen LogP contribution < -0.4 is 0 Å². The van der Waals surface area contributed by atoms with Gasteiger partial charge in [0, 0.05) is 0 Å². The first kappa shape index (κ1) is 9.62. The van der Waals surface area contributed by atoms with Crippen LogP contribution in [0.5, 0.6) is 0 Å². The first-order chi connectivity index (χ1) is 4.81. The fourth-order valence-electron chi connectivity index (χ4n) is 1.35. The van der Waals surface area contributed by atoms with E-state index in [1.807, 2.05) is 6.55 Å². The molecule has 11 heavy (non-hydrogen) atoms. The van der Waals surface area contributed by atoms with Crippen molar-refractivity contribution in [3.63, 3.8) is 0 Å². The van der Waals surface area contributed by atoms with Crippen molar-refractivity contribution in [1.82, 2.24) is 0 Å². The first-order valence-electron chi connectivity index (χ1n) is 3.72. The molecule has 0 aromatic rings. The second-order valence-corrected chi connectivity index (χ2v) is 12.6. The summed E-state index contributed by atoms with van der Waals surface area (Å²) in [5, 5.41) is 0. The van der Waals surface area contributed by atoms with Gasteiger partial charge in [-0.05, 0) is 32.7 Å². The molecule has 0 saturated carbocycles. The Hall–Kier alpha value is 0.531. The van der Waals surface area contributed by atoms with Crippen LogP contribution in [0.2, 0.25) is 32.7 Å². The lowest BCUT2D eigenvalue weighted by Gasteiger charge is -2.40. The average molecular weight is 207 g/mol. The highest BCUT2D eigenvalue weighted by atomic mass is 28.5. The molecule has 0 amide bonds. The molecule has 1 fully saturated rings. The predicted octanol–water partition coefficient (Wildman–Crippen LogP) is 1.57. The Labute approximate surface area is 72.0 Å². The van der Waals surface area contributed by atoms with Crippen LogP contribution in [-0.4, -0.2) is 26.4 Å². The van der Waals surface area contributed by atoms with Crippen molar-refractivity contribution in [2.24, 2.45) is 0 Å². The van der Waals surface area contributed by atoms with Crippen LogP contribution >= 0.6 is 0 Å². The summed E-state index contributed by atoms with van der Waals surface area (Å²) in [6.07, 6.45) is 0. The van der Waals surface area contributed by atoms with Gasteiger partial charge in [-0.15, -0.1) is 0 Å². The molecule has 0 aromatic carbocycles. The monoisotopic (exact) mass is 207 g/mol. The second kappa shape index (κ2) is 2.79. The van der Waals surface area contributed by atoms with Crippen LogP contribution in [0.3, 0.4) is 0 Å². The normalized spacial score (nSPS) is 30.3. The number of rotatable bonds is 0. The molecule has 65 valence electrons.